The lowest BCUT2D eigenvalue weighted by Gasteiger charge is -2.57. The van der Waals surface area contributed by atoms with Crippen molar-refractivity contribution in [2.24, 2.45) is 28.6 Å². The van der Waals surface area contributed by atoms with Gasteiger partial charge < -0.3 is 9.42 Å². The molecule has 3 saturated carbocycles. The Kier molecular flexibility index (Phi) is 4.40. The zero-order valence-electron chi connectivity index (χ0n) is 15.7. The van der Waals surface area contributed by atoms with Crippen LogP contribution in [0.1, 0.15) is 65.2 Å². The van der Waals surface area contributed by atoms with Crippen LogP contribution < -0.4 is 0 Å². The van der Waals surface area contributed by atoms with Gasteiger partial charge in [0.05, 0.1) is 6.10 Å². The molecular formula is C20H31O3PS. The molecule has 0 amide bonds. The monoisotopic (exact) mass is 382 g/mol. The number of allylic oxidation sites excluding steroid dienone is 1. The number of hydrogen-bond donors (Lipinski definition) is 1. The quantitative estimate of drug-likeness (QED) is 0.549. The van der Waals surface area contributed by atoms with Gasteiger partial charge in [-0.2, -0.15) is 0 Å². The molecule has 0 heterocycles. The molecule has 25 heavy (non-hydrogen) atoms. The Hall–Kier alpha value is -0.0200. The third-order valence-corrected chi connectivity index (χ3v) is 9.06. The van der Waals surface area contributed by atoms with Gasteiger partial charge in [0.25, 0.3) is 0 Å². The van der Waals surface area contributed by atoms with E-state index in [1.165, 1.54) is 12.0 Å². The molecule has 0 saturated heterocycles. The molecule has 1 N–H and O–H groups in total. The fourth-order valence-electron chi connectivity index (χ4n) is 6.77. The molecule has 5 heteroatoms. The first-order chi connectivity index (χ1) is 11.6. The van der Waals surface area contributed by atoms with Crippen molar-refractivity contribution >= 4 is 24.1 Å². The molecule has 7 atom stereocenters. The number of carbonyl (C=O) groups is 1. The van der Waals surface area contributed by atoms with E-state index < -0.39 is 6.49 Å². The summed E-state index contributed by atoms with van der Waals surface area (Å²) in [6.45, 7) is 3.75. The van der Waals surface area contributed by atoms with E-state index in [-0.39, 0.29) is 16.9 Å². The molecule has 0 bridgehead atoms. The summed E-state index contributed by atoms with van der Waals surface area (Å²) in [5.74, 6) is 2.48. The maximum Gasteiger partial charge on any atom is 0.183 e. The standard InChI is InChI=1S/C20H31O3PS/c1-19-10-8-14(23-24(3,22)25)12-13(19)4-5-15-16-6-7-18(21)20(16,2)11-9-17(15)19/h4,14-17H,5-12H2,1-3H3,(H,22,25)/t14-,15-,16-,17-,19-,20-,24?/m0/s1. The Morgan fingerprint density at radius 3 is 2.60 bits per heavy atom. The normalized spacial score (nSPS) is 48.8. The van der Waals surface area contributed by atoms with Crippen molar-refractivity contribution in [3.63, 3.8) is 0 Å². The summed E-state index contributed by atoms with van der Waals surface area (Å²) in [7, 11) is 0. The first-order valence-corrected chi connectivity index (χ1v) is 13.0. The summed E-state index contributed by atoms with van der Waals surface area (Å²) in [6.07, 6.45) is 10.9. The summed E-state index contributed by atoms with van der Waals surface area (Å²) in [5.41, 5.74) is 1.73. The Morgan fingerprint density at radius 2 is 1.88 bits per heavy atom. The average molecular weight is 383 g/mol. The van der Waals surface area contributed by atoms with E-state index in [0.717, 1.165) is 44.9 Å². The maximum atomic E-state index is 12.5. The van der Waals surface area contributed by atoms with Gasteiger partial charge in [0.15, 0.2) is 6.49 Å². The third-order valence-electron chi connectivity index (χ3n) is 8.11. The van der Waals surface area contributed by atoms with E-state index in [4.69, 9.17) is 16.3 Å². The van der Waals surface area contributed by atoms with Gasteiger partial charge >= 0.3 is 0 Å². The summed E-state index contributed by atoms with van der Waals surface area (Å²) in [4.78, 5) is 22.4. The van der Waals surface area contributed by atoms with Gasteiger partial charge in [0.1, 0.15) is 5.78 Å². The highest BCUT2D eigenvalue weighted by Crippen LogP contribution is 2.64. The van der Waals surface area contributed by atoms with Gasteiger partial charge in [-0.05, 0) is 79.9 Å². The molecular weight excluding hydrogens is 351 g/mol. The van der Waals surface area contributed by atoms with Crippen molar-refractivity contribution in [3.05, 3.63) is 11.6 Å². The second kappa shape index (κ2) is 5.99. The SMILES string of the molecule is C[C@]12CC[C@H](OP(C)(O)=S)CC1=CC[C@@H]1[C@@H]2CC[C@]2(C)C(=O)CC[C@@H]12. The Labute approximate surface area is 156 Å². The molecule has 1 unspecified atom stereocenters. The predicted octanol–water partition coefficient (Wildman–Crippen LogP) is 4.84. The van der Waals surface area contributed by atoms with Crippen LogP contribution in [0.15, 0.2) is 11.6 Å². The van der Waals surface area contributed by atoms with E-state index >= 15 is 0 Å². The van der Waals surface area contributed by atoms with Gasteiger partial charge in [-0.15, -0.1) is 0 Å². The van der Waals surface area contributed by atoms with Gasteiger partial charge in [0.2, 0.25) is 0 Å². The summed E-state index contributed by atoms with van der Waals surface area (Å²) < 4.78 is 5.80. The molecule has 0 spiro atoms. The Morgan fingerprint density at radius 1 is 1.20 bits per heavy atom. The molecule has 0 aromatic rings. The Balaban J connectivity index is 1.58. The van der Waals surface area contributed by atoms with Crippen LogP contribution in [0.5, 0.6) is 0 Å². The smallest absolute Gasteiger partial charge is 0.183 e. The average Bonchev–Trinajstić information content (AvgIpc) is 2.82. The van der Waals surface area contributed by atoms with Gasteiger partial charge in [-0.25, -0.2) is 0 Å². The summed E-state index contributed by atoms with van der Waals surface area (Å²) in [6, 6.07) is 0. The molecule has 4 rings (SSSR count). The fraction of sp³-hybridized carbons (Fsp3) is 0.850. The van der Waals surface area contributed by atoms with E-state index in [1.54, 1.807) is 6.66 Å². The minimum absolute atomic E-state index is 0.0469. The number of ketones is 1. The highest BCUT2D eigenvalue weighted by atomic mass is 32.5. The summed E-state index contributed by atoms with van der Waals surface area (Å²) in [5, 5.41) is 0. The molecule has 0 aromatic carbocycles. The predicted molar refractivity (Wildman–Crippen MR) is 104 cm³/mol. The van der Waals surface area contributed by atoms with Gasteiger partial charge in [0, 0.05) is 18.5 Å². The van der Waals surface area contributed by atoms with Crippen molar-refractivity contribution in [1.29, 1.82) is 0 Å². The van der Waals surface area contributed by atoms with Crippen molar-refractivity contribution in [2.45, 2.75) is 71.3 Å². The molecule has 3 nitrogen and oxygen atoms in total. The van der Waals surface area contributed by atoms with E-state index in [0.29, 0.717) is 23.5 Å². The zero-order chi connectivity index (χ0) is 18.0. The Bertz CT molecular complexity index is 668. The first-order valence-electron chi connectivity index (χ1n) is 9.85. The molecule has 140 valence electrons. The van der Waals surface area contributed by atoms with Crippen LogP contribution >= 0.6 is 6.49 Å². The van der Waals surface area contributed by atoms with Crippen LogP contribution in [0.2, 0.25) is 0 Å². The highest BCUT2D eigenvalue weighted by Gasteiger charge is 2.58. The molecule has 3 fully saturated rings. The largest absolute Gasteiger partial charge is 0.345 e. The van der Waals surface area contributed by atoms with Crippen LogP contribution in [-0.4, -0.2) is 23.4 Å². The van der Waals surface area contributed by atoms with Crippen LogP contribution in [0.3, 0.4) is 0 Å². The van der Waals surface area contributed by atoms with Crippen LogP contribution in [0, 0.1) is 28.6 Å². The molecule has 4 aliphatic rings. The number of rotatable bonds is 2. The highest BCUT2D eigenvalue weighted by molar-refractivity contribution is 8.09. The summed E-state index contributed by atoms with van der Waals surface area (Å²) >= 11 is 5.10. The lowest BCUT2D eigenvalue weighted by molar-refractivity contribution is -0.131. The second-order valence-corrected chi connectivity index (χ2v) is 13.3. The van der Waals surface area contributed by atoms with E-state index in [9.17, 15) is 9.69 Å². The van der Waals surface area contributed by atoms with Crippen molar-refractivity contribution < 1.29 is 14.2 Å². The molecule has 0 radical (unpaired) electrons. The lowest BCUT2D eigenvalue weighted by atomic mass is 9.48. The van der Waals surface area contributed by atoms with E-state index in [1.807, 2.05) is 0 Å². The van der Waals surface area contributed by atoms with Gasteiger partial charge in [-0.1, -0.05) is 25.5 Å². The maximum absolute atomic E-state index is 12.5. The number of hydrogen-bond acceptors (Lipinski definition) is 3. The lowest BCUT2D eigenvalue weighted by Crippen LogP contribution is -2.50. The van der Waals surface area contributed by atoms with Crippen molar-refractivity contribution in [2.75, 3.05) is 6.66 Å². The number of Topliss-reactive ketones (excluding diaryl/α,β-unsaturated/α-hetero) is 1. The van der Waals surface area contributed by atoms with Crippen LogP contribution in [0.25, 0.3) is 0 Å². The van der Waals surface area contributed by atoms with Gasteiger partial charge in [-0.3, -0.25) is 4.79 Å². The fourth-order valence-corrected chi connectivity index (χ4v) is 7.86. The minimum atomic E-state index is -2.59. The number of fused-ring (bicyclic) bond motifs is 5. The van der Waals surface area contributed by atoms with Crippen LogP contribution in [0.4, 0.5) is 0 Å². The third kappa shape index (κ3) is 2.92. The second-order valence-electron chi connectivity index (χ2n) is 9.45. The van der Waals surface area contributed by atoms with Crippen molar-refractivity contribution in [1.82, 2.24) is 0 Å². The number of carbonyl (C=O) groups excluding carboxylic acids is 1. The first kappa shape index (κ1) is 18.3. The molecule has 0 aliphatic heterocycles. The minimum Gasteiger partial charge on any atom is -0.345 e. The molecule has 4 aliphatic carbocycles. The zero-order valence-corrected chi connectivity index (χ0v) is 17.4. The van der Waals surface area contributed by atoms with E-state index in [2.05, 4.69) is 19.9 Å². The molecule has 0 aromatic heterocycles. The van der Waals surface area contributed by atoms with Crippen LogP contribution in [-0.2, 0) is 21.1 Å². The van der Waals surface area contributed by atoms with Crippen molar-refractivity contribution in [3.8, 4) is 0 Å². The topological polar surface area (TPSA) is 46.5 Å².